The normalized spacial score (nSPS) is 12.1. The van der Waals surface area contributed by atoms with Crippen LogP contribution in [0.15, 0.2) is 12.1 Å². The van der Waals surface area contributed by atoms with Crippen LogP contribution in [0.1, 0.15) is 18.1 Å². The summed E-state index contributed by atoms with van der Waals surface area (Å²) in [5.74, 6) is 0.597. The fraction of sp³-hybridized carbons (Fsp3) is 0.462. The molecule has 4 nitrogen and oxygen atoms in total. The fourth-order valence-electron chi connectivity index (χ4n) is 1.58. The zero-order valence-electron chi connectivity index (χ0n) is 11.1. The molecule has 0 aromatic heterocycles. The van der Waals surface area contributed by atoms with E-state index in [9.17, 15) is 4.79 Å². The van der Waals surface area contributed by atoms with E-state index >= 15 is 0 Å². The Kier molecular flexibility index (Phi) is 3.99. The Labute approximate surface area is 102 Å². The first-order chi connectivity index (χ1) is 7.82. The van der Waals surface area contributed by atoms with Crippen molar-refractivity contribution >= 4 is 11.6 Å². The van der Waals surface area contributed by atoms with Crippen molar-refractivity contribution in [2.45, 2.75) is 26.9 Å². The number of nitrogens with two attached hydrogens (primary N) is 1. The summed E-state index contributed by atoms with van der Waals surface area (Å²) >= 11 is 0. The zero-order valence-corrected chi connectivity index (χ0v) is 11.1. The second-order valence-corrected chi connectivity index (χ2v) is 4.47. The maximum atomic E-state index is 11.7. The first-order valence-corrected chi connectivity index (χ1v) is 5.57. The molecular weight excluding hydrogens is 216 g/mol. The number of hydrogen-bond donors (Lipinski definition) is 1. The molecule has 1 amide bonds. The maximum Gasteiger partial charge on any atom is 0.262 e. The number of amides is 1. The molecule has 1 unspecified atom stereocenters. The van der Waals surface area contributed by atoms with Gasteiger partial charge in [0.15, 0.2) is 6.10 Å². The van der Waals surface area contributed by atoms with Crippen LogP contribution in [0.25, 0.3) is 0 Å². The lowest BCUT2D eigenvalue weighted by Gasteiger charge is -2.20. The first kappa shape index (κ1) is 13.4. The largest absolute Gasteiger partial charge is 0.481 e. The standard InChI is InChI=1S/C13H20N2O2/c1-8-6-9(2)12(7-11(8)14)17-10(3)13(16)15(4)5/h6-7,10H,14H2,1-5H3. The topological polar surface area (TPSA) is 55.6 Å². The van der Waals surface area contributed by atoms with Gasteiger partial charge in [0.2, 0.25) is 0 Å². The zero-order chi connectivity index (χ0) is 13.2. The van der Waals surface area contributed by atoms with Gasteiger partial charge in [0, 0.05) is 25.8 Å². The van der Waals surface area contributed by atoms with E-state index in [-0.39, 0.29) is 5.91 Å². The smallest absolute Gasteiger partial charge is 0.262 e. The van der Waals surface area contributed by atoms with Crippen LogP contribution in [0.5, 0.6) is 5.75 Å². The van der Waals surface area contributed by atoms with Gasteiger partial charge in [-0.05, 0) is 31.9 Å². The molecule has 1 atom stereocenters. The van der Waals surface area contributed by atoms with Crippen LogP contribution in [-0.2, 0) is 4.79 Å². The second-order valence-electron chi connectivity index (χ2n) is 4.47. The fourth-order valence-corrected chi connectivity index (χ4v) is 1.58. The summed E-state index contributed by atoms with van der Waals surface area (Å²) < 4.78 is 5.63. The number of hydrogen-bond acceptors (Lipinski definition) is 3. The Morgan fingerprint density at radius 1 is 1.29 bits per heavy atom. The molecule has 4 heteroatoms. The lowest BCUT2D eigenvalue weighted by Crippen LogP contribution is -2.35. The number of rotatable bonds is 3. The van der Waals surface area contributed by atoms with Crippen LogP contribution in [0.3, 0.4) is 0 Å². The highest BCUT2D eigenvalue weighted by Gasteiger charge is 2.17. The SMILES string of the molecule is Cc1cc(C)c(OC(C)C(=O)N(C)C)cc1N. The third kappa shape index (κ3) is 3.12. The van der Waals surface area contributed by atoms with Crippen LogP contribution < -0.4 is 10.5 Å². The molecule has 2 N–H and O–H groups in total. The summed E-state index contributed by atoms with van der Waals surface area (Å²) in [6.45, 7) is 5.62. The van der Waals surface area contributed by atoms with E-state index in [2.05, 4.69) is 0 Å². The molecule has 1 rings (SSSR count). The van der Waals surface area contributed by atoms with E-state index in [0.29, 0.717) is 11.4 Å². The minimum absolute atomic E-state index is 0.0662. The third-order valence-corrected chi connectivity index (χ3v) is 2.66. The Hall–Kier alpha value is -1.71. The van der Waals surface area contributed by atoms with Gasteiger partial charge < -0.3 is 15.4 Å². The number of nitrogen functional groups attached to an aromatic ring is 1. The summed E-state index contributed by atoms with van der Waals surface area (Å²) in [6.07, 6.45) is -0.509. The van der Waals surface area contributed by atoms with Gasteiger partial charge in [-0.15, -0.1) is 0 Å². The van der Waals surface area contributed by atoms with Crippen LogP contribution in [0, 0.1) is 13.8 Å². The van der Waals surface area contributed by atoms with Crippen LogP contribution in [0.2, 0.25) is 0 Å². The number of likely N-dealkylation sites (N-methyl/N-ethyl adjacent to an activating group) is 1. The number of carbonyl (C=O) groups excluding carboxylic acids is 1. The Bertz CT molecular complexity index is 428. The summed E-state index contributed by atoms with van der Waals surface area (Å²) in [7, 11) is 3.41. The van der Waals surface area contributed by atoms with E-state index in [4.69, 9.17) is 10.5 Å². The summed E-state index contributed by atoms with van der Waals surface area (Å²) in [5, 5.41) is 0. The van der Waals surface area contributed by atoms with Crippen molar-refractivity contribution in [3.63, 3.8) is 0 Å². The minimum Gasteiger partial charge on any atom is -0.481 e. The van der Waals surface area contributed by atoms with E-state index in [1.54, 1.807) is 27.1 Å². The summed E-state index contributed by atoms with van der Waals surface area (Å²) in [5.41, 5.74) is 8.50. The Morgan fingerprint density at radius 3 is 2.41 bits per heavy atom. The molecule has 1 aromatic carbocycles. The maximum absolute atomic E-state index is 11.7. The van der Waals surface area contributed by atoms with Crippen molar-refractivity contribution in [1.82, 2.24) is 4.90 Å². The lowest BCUT2D eigenvalue weighted by atomic mass is 10.1. The predicted molar refractivity (Wildman–Crippen MR) is 69.1 cm³/mol. The Morgan fingerprint density at radius 2 is 1.88 bits per heavy atom. The molecule has 0 aliphatic heterocycles. The molecule has 0 radical (unpaired) electrons. The van der Waals surface area contributed by atoms with Crippen molar-refractivity contribution in [1.29, 1.82) is 0 Å². The van der Waals surface area contributed by atoms with Crippen LogP contribution >= 0.6 is 0 Å². The molecule has 0 bridgehead atoms. The van der Waals surface area contributed by atoms with Gasteiger partial charge in [-0.2, -0.15) is 0 Å². The second kappa shape index (κ2) is 5.08. The molecule has 0 spiro atoms. The summed E-state index contributed by atoms with van der Waals surface area (Å²) in [4.78, 5) is 13.2. The molecule has 0 heterocycles. The lowest BCUT2D eigenvalue weighted by molar-refractivity contribution is -0.135. The number of nitrogens with zero attached hydrogens (tertiary/aromatic N) is 1. The van der Waals surface area contributed by atoms with Gasteiger partial charge in [0.25, 0.3) is 5.91 Å². The predicted octanol–water partition coefficient (Wildman–Crippen LogP) is 1.74. The number of aryl methyl sites for hydroxylation is 2. The molecule has 0 fully saturated rings. The average molecular weight is 236 g/mol. The highest BCUT2D eigenvalue weighted by atomic mass is 16.5. The molecule has 0 saturated carbocycles. The first-order valence-electron chi connectivity index (χ1n) is 5.57. The monoisotopic (exact) mass is 236 g/mol. The van der Waals surface area contributed by atoms with Gasteiger partial charge in [0.05, 0.1) is 0 Å². The number of ether oxygens (including phenoxy) is 1. The van der Waals surface area contributed by atoms with E-state index < -0.39 is 6.10 Å². The van der Waals surface area contributed by atoms with Gasteiger partial charge in [0.1, 0.15) is 5.75 Å². The van der Waals surface area contributed by atoms with Crippen LogP contribution in [-0.4, -0.2) is 31.0 Å². The van der Waals surface area contributed by atoms with Gasteiger partial charge in [-0.3, -0.25) is 4.79 Å². The quantitative estimate of drug-likeness (QED) is 0.813. The van der Waals surface area contributed by atoms with Gasteiger partial charge in [-0.1, -0.05) is 6.07 Å². The highest BCUT2D eigenvalue weighted by molar-refractivity contribution is 5.80. The number of carbonyl (C=O) groups is 1. The molecule has 17 heavy (non-hydrogen) atoms. The van der Waals surface area contributed by atoms with Crippen molar-refractivity contribution in [3.05, 3.63) is 23.3 Å². The van der Waals surface area contributed by atoms with E-state index in [1.807, 2.05) is 19.9 Å². The third-order valence-electron chi connectivity index (χ3n) is 2.66. The van der Waals surface area contributed by atoms with Crippen molar-refractivity contribution in [2.24, 2.45) is 0 Å². The summed E-state index contributed by atoms with van der Waals surface area (Å²) in [6, 6.07) is 3.72. The van der Waals surface area contributed by atoms with E-state index in [1.165, 1.54) is 4.90 Å². The molecular formula is C13H20N2O2. The molecule has 1 aromatic rings. The molecule has 0 aliphatic carbocycles. The van der Waals surface area contributed by atoms with Gasteiger partial charge >= 0.3 is 0 Å². The number of benzene rings is 1. The van der Waals surface area contributed by atoms with E-state index in [0.717, 1.165) is 11.1 Å². The van der Waals surface area contributed by atoms with Crippen molar-refractivity contribution in [3.8, 4) is 5.75 Å². The molecule has 0 aliphatic rings. The number of anilines is 1. The van der Waals surface area contributed by atoms with Crippen molar-refractivity contribution in [2.75, 3.05) is 19.8 Å². The Balaban J connectivity index is 2.89. The van der Waals surface area contributed by atoms with Crippen molar-refractivity contribution < 1.29 is 9.53 Å². The average Bonchev–Trinajstić information content (AvgIpc) is 2.24. The molecule has 94 valence electrons. The minimum atomic E-state index is -0.509. The van der Waals surface area contributed by atoms with Crippen LogP contribution in [0.4, 0.5) is 5.69 Å². The molecule has 0 saturated heterocycles. The van der Waals surface area contributed by atoms with Gasteiger partial charge in [-0.25, -0.2) is 0 Å². The highest BCUT2D eigenvalue weighted by Crippen LogP contribution is 2.25.